The summed E-state index contributed by atoms with van der Waals surface area (Å²) in [5.41, 5.74) is 7.79. The number of allylic oxidation sites excluding steroid dienone is 2. The van der Waals surface area contributed by atoms with Crippen molar-refractivity contribution in [1.82, 2.24) is 15.2 Å². The number of benzene rings is 3. The molecule has 5 aromatic rings. The lowest BCUT2D eigenvalue weighted by Crippen LogP contribution is -1.86. The van der Waals surface area contributed by atoms with Crippen LogP contribution in [-0.2, 0) is 0 Å². The number of nitrogens with zero attached hydrogens (tertiary/aromatic N) is 2. The minimum absolute atomic E-state index is 0.242. The first-order valence-electron chi connectivity index (χ1n) is 10.3. The Hall–Kier alpha value is -4.25. The fraction of sp³-hybridized carbons (Fsp3) is 0.0370. The second-order valence-electron chi connectivity index (χ2n) is 7.49. The first-order valence-corrected chi connectivity index (χ1v) is 10.3. The molecule has 0 amide bonds. The van der Waals surface area contributed by atoms with Crippen LogP contribution in [0.15, 0.2) is 90.6 Å². The zero-order valence-electron chi connectivity index (χ0n) is 17.6. The molecule has 5 rings (SSSR count). The lowest BCUT2D eigenvalue weighted by Gasteiger charge is -2.03. The predicted octanol–water partition coefficient (Wildman–Crippen LogP) is 7.13. The highest BCUT2D eigenvalue weighted by molar-refractivity contribution is 6.11. The van der Waals surface area contributed by atoms with E-state index in [2.05, 4.69) is 38.9 Å². The molecule has 156 valence electrons. The SMILES string of the molecule is C=CN=C/C(=C\C)c1ccc2[nH]nc(-c3cc4c(-c5ccc(F)cc5)cccc4[nH]3)c2c1. The molecule has 0 fully saturated rings. The molecule has 3 aromatic carbocycles. The molecular formula is C27H21FN4. The van der Waals surface area contributed by atoms with Gasteiger partial charge in [0, 0.05) is 28.7 Å². The number of rotatable bonds is 5. The second-order valence-corrected chi connectivity index (χ2v) is 7.49. The monoisotopic (exact) mass is 420 g/mol. The van der Waals surface area contributed by atoms with E-state index in [0.717, 1.165) is 55.5 Å². The van der Waals surface area contributed by atoms with Crippen LogP contribution < -0.4 is 0 Å². The third-order valence-electron chi connectivity index (χ3n) is 5.60. The van der Waals surface area contributed by atoms with Crippen LogP contribution in [0.5, 0.6) is 0 Å². The van der Waals surface area contributed by atoms with Crippen molar-refractivity contribution in [2.75, 3.05) is 0 Å². The molecule has 2 aromatic heterocycles. The summed E-state index contributed by atoms with van der Waals surface area (Å²) in [7, 11) is 0. The molecule has 5 heteroatoms. The molecule has 0 spiro atoms. The Kier molecular flexibility index (Phi) is 5.00. The number of aromatic nitrogens is 3. The molecule has 0 aliphatic rings. The Labute approximate surface area is 184 Å². The van der Waals surface area contributed by atoms with E-state index in [9.17, 15) is 4.39 Å². The predicted molar refractivity (Wildman–Crippen MR) is 131 cm³/mol. The first kappa shape index (κ1) is 19.7. The van der Waals surface area contributed by atoms with Gasteiger partial charge in [0.05, 0.1) is 11.2 Å². The van der Waals surface area contributed by atoms with Crippen molar-refractivity contribution in [1.29, 1.82) is 0 Å². The molecule has 0 saturated heterocycles. The van der Waals surface area contributed by atoms with Gasteiger partial charge in [0.15, 0.2) is 0 Å². The topological polar surface area (TPSA) is 56.8 Å². The summed E-state index contributed by atoms with van der Waals surface area (Å²) < 4.78 is 13.4. The molecule has 0 aliphatic carbocycles. The molecule has 4 nitrogen and oxygen atoms in total. The highest BCUT2D eigenvalue weighted by Crippen LogP contribution is 2.34. The molecule has 2 N–H and O–H groups in total. The standard InChI is InChI=1S/C27H21FN4/c1-3-17(16-29-4-2)19-10-13-25-23(14-19)27(32-31-25)26-15-22-21(6-5-7-24(22)30-26)18-8-11-20(28)12-9-18/h3-16,30H,2H2,1H3,(H,31,32)/b17-3+,29-16?. The maximum Gasteiger partial charge on any atom is 0.123 e. The van der Waals surface area contributed by atoms with Gasteiger partial charge in [-0.1, -0.05) is 43.0 Å². The Bertz CT molecular complexity index is 1500. The molecule has 0 saturated carbocycles. The van der Waals surface area contributed by atoms with Crippen LogP contribution in [0.25, 0.3) is 49.9 Å². The average Bonchev–Trinajstić information content (AvgIpc) is 3.43. The Morgan fingerprint density at radius 1 is 1.00 bits per heavy atom. The summed E-state index contributed by atoms with van der Waals surface area (Å²) in [6.45, 7) is 5.63. The van der Waals surface area contributed by atoms with Crippen LogP contribution in [0.3, 0.4) is 0 Å². The van der Waals surface area contributed by atoms with Crippen LogP contribution in [-0.4, -0.2) is 21.4 Å². The van der Waals surface area contributed by atoms with Gasteiger partial charge in [0.1, 0.15) is 11.5 Å². The van der Waals surface area contributed by atoms with Crippen LogP contribution >= 0.6 is 0 Å². The van der Waals surface area contributed by atoms with Gasteiger partial charge in [0.2, 0.25) is 0 Å². The summed E-state index contributed by atoms with van der Waals surface area (Å²) in [5, 5.41) is 9.80. The van der Waals surface area contributed by atoms with Gasteiger partial charge < -0.3 is 4.98 Å². The highest BCUT2D eigenvalue weighted by atomic mass is 19.1. The number of nitrogens with one attached hydrogen (secondary N) is 2. The molecule has 0 radical (unpaired) electrons. The van der Waals surface area contributed by atoms with Crippen LogP contribution in [0.2, 0.25) is 0 Å². The molecular weight excluding hydrogens is 399 g/mol. The van der Waals surface area contributed by atoms with E-state index >= 15 is 0 Å². The maximum atomic E-state index is 13.4. The van der Waals surface area contributed by atoms with Crippen molar-refractivity contribution in [3.05, 3.63) is 97.0 Å². The molecule has 0 bridgehead atoms. The first-order chi connectivity index (χ1) is 15.7. The highest BCUT2D eigenvalue weighted by Gasteiger charge is 2.14. The van der Waals surface area contributed by atoms with Crippen molar-refractivity contribution >= 4 is 33.6 Å². The van der Waals surface area contributed by atoms with Gasteiger partial charge in [-0.3, -0.25) is 10.1 Å². The third kappa shape index (κ3) is 3.44. The van der Waals surface area contributed by atoms with Crippen molar-refractivity contribution < 1.29 is 4.39 Å². The number of fused-ring (bicyclic) bond motifs is 2. The smallest absolute Gasteiger partial charge is 0.123 e. The summed E-state index contributed by atoms with van der Waals surface area (Å²) >= 11 is 0. The molecule has 0 unspecified atom stereocenters. The lowest BCUT2D eigenvalue weighted by molar-refractivity contribution is 0.628. The Morgan fingerprint density at radius 2 is 1.84 bits per heavy atom. The van der Waals surface area contributed by atoms with E-state index < -0.39 is 0 Å². The normalized spacial score (nSPS) is 12.2. The minimum atomic E-state index is -0.242. The van der Waals surface area contributed by atoms with Gasteiger partial charge >= 0.3 is 0 Å². The fourth-order valence-corrected chi connectivity index (χ4v) is 4.01. The van der Waals surface area contributed by atoms with Gasteiger partial charge in [0.25, 0.3) is 0 Å². The number of hydrogen-bond donors (Lipinski definition) is 2. The summed E-state index contributed by atoms with van der Waals surface area (Å²) in [6.07, 6.45) is 5.34. The van der Waals surface area contributed by atoms with Gasteiger partial charge in [-0.15, -0.1) is 0 Å². The van der Waals surface area contributed by atoms with Gasteiger partial charge in [-0.2, -0.15) is 5.10 Å². The van der Waals surface area contributed by atoms with Crippen molar-refractivity contribution in [3.63, 3.8) is 0 Å². The van der Waals surface area contributed by atoms with Crippen LogP contribution in [0.1, 0.15) is 12.5 Å². The van der Waals surface area contributed by atoms with Crippen LogP contribution in [0.4, 0.5) is 4.39 Å². The van der Waals surface area contributed by atoms with E-state index in [-0.39, 0.29) is 5.82 Å². The summed E-state index contributed by atoms with van der Waals surface area (Å²) in [6, 6.07) is 21.0. The number of aliphatic imine (C=N–C) groups is 1. The average molecular weight is 420 g/mol. The van der Waals surface area contributed by atoms with E-state index in [4.69, 9.17) is 0 Å². The van der Waals surface area contributed by atoms with Crippen molar-refractivity contribution in [2.24, 2.45) is 4.99 Å². The zero-order chi connectivity index (χ0) is 22.1. The Morgan fingerprint density at radius 3 is 2.62 bits per heavy atom. The largest absolute Gasteiger partial charge is 0.353 e. The number of H-pyrrole nitrogens is 2. The summed E-state index contributed by atoms with van der Waals surface area (Å²) in [5.74, 6) is -0.242. The van der Waals surface area contributed by atoms with Crippen LogP contribution in [0, 0.1) is 5.82 Å². The molecule has 0 aliphatic heterocycles. The minimum Gasteiger partial charge on any atom is -0.353 e. The second kappa shape index (κ2) is 8.12. The summed E-state index contributed by atoms with van der Waals surface area (Å²) in [4.78, 5) is 7.66. The lowest BCUT2D eigenvalue weighted by atomic mass is 10.0. The van der Waals surface area contributed by atoms with Crippen molar-refractivity contribution in [3.8, 4) is 22.5 Å². The van der Waals surface area contributed by atoms with Crippen molar-refractivity contribution in [2.45, 2.75) is 6.92 Å². The van der Waals surface area contributed by atoms with E-state index in [0.29, 0.717) is 0 Å². The number of hydrogen-bond acceptors (Lipinski definition) is 2. The molecule has 2 heterocycles. The van der Waals surface area contributed by atoms with Gasteiger partial charge in [-0.05, 0) is 65.6 Å². The van der Waals surface area contributed by atoms with E-state index in [1.165, 1.54) is 18.3 Å². The third-order valence-corrected chi connectivity index (χ3v) is 5.60. The maximum absolute atomic E-state index is 13.4. The number of aromatic amines is 2. The van der Waals surface area contributed by atoms with Gasteiger partial charge in [-0.25, -0.2) is 4.39 Å². The fourth-order valence-electron chi connectivity index (χ4n) is 4.01. The quantitative estimate of drug-likeness (QED) is 0.292. The van der Waals surface area contributed by atoms with E-state index in [1.54, 1.807) is 18.3 Å². The number of halogens is 1. The molecule has 0 atom stereocenters. The van der Waals surface area contributed by atoms with E-state index in [1.807, 2.05) is 43.3 Å². The zero-order valence-corrected chi connectivity index (χ0v) is 17.6. The Balaban J connectivity index is 1.64. The molecule has 32 heavy (non-hydrogen) atoms.